The molecule has 11 atom stereocenters. The number of hydrogen-bond donors (Lipinski definition) is 0. The number of methoxy groups -OCH3 is 1. The lowest BCUT2D eigenvalue weighted by Crippen LogP contribution is -2.68. The summed E-state index contributed by atoms with van der Waals surface area (Å²) in [6.07, 6.45) is -14.1. The Morgan fingerprint density at radius 3 is 1.84 bits per heavy atom. The highest BCUT2D eigenvalue weighted by atomic mass is 16.8. The number of carbonyl (C=O) groups excluding carboxylic acids is 5. The van der Waals surface area contributed by atoms with Crippen LogP contribution in [0.1, 0.15) is 49.9 Å². The topological polar surface area (TPSA) is 187 Å². The van der Waals surface area contributed by atoms with Crippen molar-refractivity contribution < 1.29 is 76.1 Å². The van der Waals surface area contributed by atoms with Gasteiger partial charge in [0.2, 0.25) is 0 Å². The van der Waals surface area contributed by atoms with E-state index in [-0.39, 0.29) is 12.2 Å². The number of esters is 5. The smallest absolute Gasteiger partial charge is 0.338 e. The zero-order chi connectivity index (χ0) is 36.7. The monoisotopic (exact) mass is 716 g/mol. The zero-order valence-electron chi connectivity index (χ0n) is 28.6. The molecule has 2 aromatic carbocycles. The highest BCUT2D eigenvalue weighted by Gasteiger charge is 2.58. The average Bonchev–Trinajstić information content (AvgIpc) is 3.10. The highest BCUT2D eigenvalue weighted by molar-refractivity contribution is 5.89. The first-order valence-corrected chi connectivity index (χ1v) is 16.2. The second-order valence-corrected chi connectivity index (χ2v) is 11.9. The predicted molar refractivity (Wildman–Crippen MR) is 168 cm³/mol. The third kappa shape index (κ3) is 9.46. The van der Waals surface area contributed by atoms with E-state index in [0.717, 1.165) is 27.7 Å². The van der Waals surface area contributed by atoms with Gasteiger partial charge in [-0.2, -0.15) is 0 Å². The van der Waals surface area contributed by atoms with Gasteiger partial charge in [0.25, 0.3) is 0 Å². The summed E-state index contributed by atoms with van der Waals surface area (Å²) in [6.45, 7) is 4.00. The van der Waals surface area contributed by atoms with E-state index in [1.54, 1.807) is 42.5 Å². The van der Waals surface area contributed by atoms with E-state index in [0.29, 0.717) is 5.56 Å². The van der Waals surface area contributed by atoms with Crippen LogP contribution in [0.25, 0.3) is 0 Å². The van der Waals surface area contributed by atoms with E-state index in [1.165, 1.54) is 7.11 Å². The van der Waals surface area contributed by atoms with Crippen LogP contribution in [0, 0.1) is 0 Å². The van der Waals surface area contributed by atoms with E-state index < -0.39 is 104 Å². The first-order valence-electron chi connectivity index (χ1n) is 16.2. The maximum absolute atomic E-state index is 13.5. The van der Waals surface area contributed by atoms with Crippen LogP contribution >= 0.6 is 0 Å². The van der Waals surface area contributed by atoms with Crippen molar-refractivity contribution in [2.75, 3.05) is 20.3 Å². The van der Waals surface area contributed by atoms with E-state index in [9.17, 15) is 24.0 Å². The molecule has 276 valence electrons. The van der Waals surface area contributed by atoms with E-state index in [1.807, 2.05) is 18.2 Å². The van der Waals surface area contributed by atoms with Gasteiger partial charge in [0.05, 0.1) is 12.2 Å². The molecule has 0 N–H and O–H groups in total. The normalized spacial score (nSPS) is 31.7. The summed E-state index contributed by atoms with van der Waals surface area (Å²) in [5.74, 6) is -3.87. The van der Waals surface area contributed by atoms with Gasteiger partial charge < -0.3 is 52.1 Å². The molecule has 5 rings (SSSR count). The summed E-state index contributed by atoms with van der Waals surface area (Å²) in [5.41, 5.74) is 0.893. The van der Waals surface area contributed by atoms with Crippen LogP contribution in [0.2, 0.25) is 0 Å². The van der Waals surface area contributed by atoms with Crippen LogP contribution in [0.3, 0.4) is 0 Å². The minimum absolute atomic E-state index is 0.00186. The van der Waals surface area contributed by atoms with Gasteiger partial charge in [0, 0.05) is 40.4 Å². The van der Waals surface area contributed by atoms with Gasteiger partial charge in [-0.15, -0.1) is 0 Å². The summed E-state index contributed by atoms with van der Waals surface area (Å²) >= 11 is 0. The van der Waals surface area contributed by atoms with Crippen molar-refractivity contribution in [3.8, 4) is 0 Å². The van der Waals surface area contributed by atoms with E-state index >= 15 is 0 Å². The second-order valence-electron chi connectivity index (χ2n) is 11.9. The number of fused-ring (bicyclic) bond motifs is 1. The molecule has 0 unspecified atom stereocenters. The third-order valence-electron chi connectivity index (χ3n) is 8.08. The van der Waals surface area contributed by atoms with Gasteiger partial charge >= 0.3 is 29.8 Å². The highest BCUT2D eigenvalue weighted by Crippen LogP contribution is 2.39. The second kappa shape index (κ2) is 17.2. The minimum atomic E-state index is -1.63. The first-order chi connectivity index (χ1) is 24.4. The van der Waals surface area contributed by atoms with Crippen molar-refractivity contribution in [2.45, 2.75) is 95.4 Å². The summed E-state index contributed by atoms with van der Waals surface area (Å²) in [6, 6.07) is 17.2. The molecule has 0 aliphatic carbocycles. The molecule has 51 heavy (non-hydrogen) atoms. The van der Waals surface area contributed by atoms with Gasteiger partial charge in [-0.25, -0.2) is 4.79 Å². The molecule has 0 saturated carbocycles. The van der Waals surface area contributed by atoms with Crippen molar-refractivity contribution in [3.63, 3.8) is 0 Å². The number of ether oxygens (including phenoxy) is 11. The van der Waals surface area contributed by atoms with Gasteiger partial charge in [-0.1, -0.05) is 48.5 Å². The Morgan fingerprint density at radius 1 is 0.647 bits per heavy atom. The fraction of sp³-hybridized carbons (Fsp3) is 0.514. The summed E-state index contributed by atoms with van der Waals surface area (Å²) in [5, 5.41) is 0. The van der Waals surface area contributed by atoms with Crippen LogP contribution in [0.4, 0.5) is 0 Å². The Balaban J connectivity index is 1.57. The zero-order valence-corrected chi connectivity index (χ0v) is 28.6. The fourth-order valence-corrected chi connectivity index (χ4v) is 6.02. The molecule has 3 aliphatic rings. The van der Waals surface area contributed by atoms with Crippen molar-refractivity contribution in [1.29, 1.82) is 0 Å². The van der Waals surface area contributed by atoms with Crippen LogP contribution in [0.5, 0.6) is 0 Å². The van der Waals surface area contributed by atoms with Crippen molar-refractivity contribution >= 4 is 29.8 Å². The number of benzene rings is 2. The Morgan fingerprint density at radius 2 is 1.24 bits per heavy atom. The average molecular weight is 717 g/mol. The number of hydrogen-bond acceptors (Lipinski definition) is 16. The molecule has 0 spiro atoms. The lowest BCUT2D eigenvalue weighted by atomic mass is 9.95. The lowest BCUT2D eigenvalue weighted by molar-refractivity contribution is -0.389. The summed E-state index contributed by atoms with van der Waals surface area (Å²) in [7, 11) is 1.34. The fourth-order valence-electron chi connectivity index (χ4n) is 6.02. The summed E-state index contributed by atoms with van der Waals surface area (Å²) < 4.78 is 64.9. The SMILES string of the molecule is CO[C@H]1O[C@@H]2CO[C@@H](c3ccccc3)O[C@H]2[C@H](O[C@@H]2O[C@H](COC(C)=O)[C@@H](OC(C)=O)[C@H](OC(C)=O)[C@H]2OC(C)=O)[C@H]1OC(=O)c1ccccc1. The van der Waals surface area contributed by atoms with Gasteiger partial charge in [-0.05, 0) is 12.1 Å². The molecule has 0 aromatic heterocycles. The Hall–Kier alpha value is -4.45. The molecule has 0 radical (unpaired) electrons. The Kier molecular flexibility index (Phi) is 12.7. The van der Waals surface area contributed by atoms with E-state index in [2.05, 4.69) is 0 Å². The largest absolute Gasteiger partial charge is 0.463 e. The van der Waals surface area contributed by atoms with Gasteiger partial charge in [-0.3, -0.25) is 19.2 Å². The molecular formula is C35H40O16. The molecule has 16 nitrogen and oxygen atoms in total. The quantitative estimate of drug-likeness (QED) is 0.243. The van der Waals surface area contributed by atoms with Crippen LogP contribution in [-0.4, -0.2) is 112 Å². The molecule has 0 bridgehead atoms. The van der Waals surface area contributed by atoms with Crippen molar-refractivity contribution in [1.82, 2.24) is 0 Å². The number of rotatable bonds is 11. The molecule has 16 heteroatoms. The Labute approximate surface area is 293 Å². The number of carbonyl (C=O) groups is 5. The van der Waals surface area contributed by atoms with Crippen LogP contribution < -0.4 is 0 Å². The molecule has 3 aliphatic heterocycles. The molecule has 0 amide bonds. The molecule has 2 aromatic rings. The Bertz CT molecular complexity index is 1520. The maximum atomic E-state index is 13.5. The van der Waals surface area contributed by atoms with Crippen molar-refractivity contribution in [3.05, 3.63) is 71.8 Å². The van der Waals surface area contributed by atoms with Gasteiger partial charge in [0.15, 0.2) is 43.3 Å². The maximum Gasteiger partial charge on any atom is 0.338 e. The predicted octanol–water partition coefficient (Wildman–Crippen LogP) is 2.17. The van der Waals surface area contributed by atoms with E-state index in [4.69, 9.17) is 52.1 Å². The molecular weight excluding hydrogens is 676 g/mol. The minimum Gasteiger partial charge on any atom is -0.463 e. The lowest BCUT2D eigenvalue weighted by Gasteiger charge is -2.50. The molecule has 3 fully saturated rings. The third-order valence-corrected chi connectivity index (χ3v) is 8.08. The standard InChI is InChI=1S/C35H40O16/c1-18(36)42-16-24-26(44-19(2)37)28(45-20(3)38)31(46-21(4)39)35(48-24)51-29-27-25(17-43-33(50-27)23-14-10-7-11-15-23)47-34(41-5)30(29)49-32(40)22-12-8-6-9-13-22/h6-15,24-31,33-35H,16-17H2,1-5H3/t24-,25-,26-,27-,28+,29+,30-,31-,33-,34+,35+/m1/s1. The van der Waals surface area contributed by atoms with Crippen LogP contribution in [-0.2, 0) is 71.3 Å². The first kappa shape index (κ1) is 37.8. The molecule has 3 saturated heterocycles. The summed E-state index contributed by atoms with van der Waals surface area (Å²) in [4.78, 5) is 62.4. The molecule has 3 heterocycles. The van der Waals surface area contributed by atoms with Crippen molar-refractivity contribution in [2.24, 2.45) is 0 Å². The van der Waals surface area contributed by atoms with Gasteiger partial charge in [0.1, 0.15) is 31.0 Å². The van der Waals surface area contributed by atoms with Crippen LogP contribution in [0.15, 0.2) is 60.7 Å².